The van der Waals surface area contributed by atoms with Crippen LogP contribution in [-0.2, 0) is 11.2 Å². The highest BCUT2D eigenvalue weighted by Crippen LogP contribution is 2.24. The van der Waals surface area contributed by atoms with E-state index in [9.17, 15) is 9.18 Å². The fraction of sp³-hybridized carbons (Fsp3) is 0.250. The lowest BCUT2D eigenvalue weighted by Gasteiger charge is -1.99. The predicted molar refractivity (Wildman–Crippen MR) is 55.3 cm³/mol. The molecule has 0 aliphatic heterocycles. The van der Waals surface area contributed by atoms with E-state index < -0.39 is 0 Å². The van der Waals surface area contributed by atoms with Crippen LogP contribution in [0.15, 0.2) is 22.6 Å². The Balaban J connectivity index is 2.64. The molecule has 1 aromatic heterocycles. The van der Waals surface area contributed by atoms with E-state index in [1.54, 1.807) is 13.0 Å². The summed E-state index contributed by atoms with van der Waals surface area (Å²) in [6.07, 6.45) is 0.210. The van der Waals surface area contributed by atoms with E-state index >= 15 is 0 Å². The fourth-order valence-electron chi connectivity index (χ4n) is 1.71. The number of hydrogen-bond acceptors (Lipinski definition) is 2. The Labute approximate surface area is 86.7 Å². The van der Waals surface area contributed by atoms with Gasteiger partial charge in [0.1, 0.15) is 22.9 Å². The first-order valence-electron chi connectivity index (χ1n) is 4.74. The molecular weight excluding hydrogens is 195 g/mol. The minimum atomic E-state index is -0.334. The number of halogens is 1. The number of rotatable bonds is 2. The standard InChI is InChI=1S/C12H11FO2/c1-7(14)3-9-5-11(13)6-10-4-8(2)15-12(9)10/h4-6H,3H2,1-2H3. The second-order valence-electron chi connectivity index (χ2n) is 3.72. The maximum absolute atomic E-state index is 13.2. The molecule has 0 amide bonds. The third kappa shape index (κ3) is 1.91. The van der Waals surface area contributed by atoms with Crippen LogP contribution < -0.4 is 0 Å². The van der Waals surface area contributed by atoms with Gasteiger partial charge in [0.2, 0.25) is 0 Å². The molecule has 0 spiro atoms. The van der Waals surface area contributed by atoms with Gasteiger partial charge in [-0.25, -0.2) is 4.39 Å². The summed E-state index contributed by atoms with van der Waals surface area (Å²) in [6.45, 7) is 3.28. The zero-order chi connectivity index (χ0) is 11.0. The zero-order valence-electron chi connectivity index (χ0n) is 8.63. The van der Waals surface area contributed by atoms with E-state index in [-0.39, 0.29) is 18.0 Å². The summed E-state index contributed by atoms with van der Waals surface area (Å²) < 4.78 is 18.6. The van der Waals surface area contributed by atoms with E-state index in [0.717, 1.165) is 5.76 Å². The van der Waals surface area contributed by atoms with Crippen LogP contribution in [0.3, 0.4) is 0 Å². The Bertz CT molecular complexity index is 526. The van der Waals surface area contributed by atoms with Crippen LogP contribution in [0.2, 0.25) is 0 Å². The molecule has 0 atom stereocenters. The van der Waals surface area contributed by atoms with Gasteiger partial charge in [-0.1, -0.05) is 0 Å². The Kier molecular flexibility index (Phi) is 2.31. The molecule has 2 aromatic rings. The second kappa shape index (κ2) is 3.50. The normalized spacial score (nSPS) is 10.9. The van der Waals surface area contributed by atoms with E-state index in [1.807, 2.05) is 0 Å². The first kappa shape index (κ1) is 9.90. The van der Waals surface area contributed by atoms with Gasteiger partial charge in [-0.05, 0) is 32.0 Å². The van der Waals surface area contributed by atoms with E-state index in [4.69, 9.17) is 4.42 Å². The van der Waals surface area contributed by atoms with Crippen molar-refractivity contribution in [3.63, 3.8) is 0 Å². The molecule has 0 saturated heterocycles. The molecule has 0 aliphatic rings. The molecule has 1 heterocycles. The Morgan fingerprint density at radius 3 is 2.80 bits per heavy atom. The summed E-state index contributed by atoms with van der Waals surface area (Å²) in [6, 6.07) is 4.53. The summed E-state index contributed by atoms with van der Waals surface area (Å²) in [5.74, 6) is 0.385. The average molecular weight is 206 g/mol. The number of benzene rings is 1. The lowest BCUT2D eigenvalue weighted by atomic mass is 10.1. The summed E-state index contributed by atoms with van der Waals surface area (Å²) >= 11 is 0. The van der Waals surface area contributed by atoms with E-state index in [0.29, 0.717) is 16.5 Å². The molecule has 3 heteroatoms. The van der Waals surface area contributed by atoms with Crippen LogP contribution in [0, 0.1) is 12.7 Å². The maximum atomic E-state index is 13.2. The Morgan fingerprint density at radius 2 is 2.13 bits per heavy atom. The van der Waals surface area contributed by atoms with E-state index in [2.05, 4.69) is 0 Å². The zero-order valence-corrected chi connectivity index (χ0v) is 8.63. The van der Waals surface area contributed by atoms with Crippen molar-refractivity contribution in [2.75, 3.05) is 0 Å². The van der Waals surface area contributed by atoms with Crippen LogP contribution in [0.1, 0.15) is 18.2 Å². The Hall–Kier alpha value is -1.64. The molecule has 0 saturated carbocycles. The quantitative estimate of drug-likeness (QED) is 0.756. The van der Waals surface area contributed by atoms with Crippen molar-refractivity contribution in [3.8, 4) is 0 Å². The van der Waals surface area contributed by atoms with Gasteiger partial charge >= 0.3 is 0 Å². The van der Waals surface area contributed by atoms with Gasteiger partial charge in [0, 0.05) is 17.4 Å². The summed E-state index contributed by atoms with van der Waals surface area (Å²) in [5.41, 5.74) is 1.23. The van der Waals surface area contributed by atoms with Crippen molar-refractivity contribution in [1.29, 1.82) is 0 Å². The third-order valence-corrected chi connectivity index (χ3v) is 2.22. The molecule has 0 bridgehead atoms. The monoisotopic (exact) mass is 206 g/mol. The van der Waals surface area contributed by atoms with Crippen LogP contribution in [-0.4, -0.2) is 5.78 Å². The van der Waals surface area contributed by atoms with Gasteiger partial charge in [-0.15, -0.1) is 0 Å². The number of hydrogen-bond donors (Lipinski definition) is 0. The Morgan fingerprint density at radius 1 is 1.40 bits per heavy atom. The van der Waals surface area contributed by atoms with Crippen LogP contribution in [0.5, 0.6) is 0 Å². The molecule has 2 nitrogen and oxygen atoms in total. The number of ketones is 1. The van der Waals surface area contributed by atoms with Crippen molar-refractivity contribution >= 4 is 16.8 Å². The molecule has 0 N–H and O–H groups in total. The molecule has 0 aliphatic carbocycles. The van der Waals surface area contributed by atoms with E-state index in [1.165, 1.54) is 19.1 Å². The molecule has 0 fully saturated rings. The van der Waals surface area contributed by atoms with Crippen molar-refractivity contribution in [2.45, 2.75) is 20.3 Å². The van der Waals surface area contributed by atoms with Crippen molar-refractivity contribution in [2.24, 2.45) is 0 Å². The average Bonchev–Trinajstić information content (AvgIpc) is 2.44. The molecule has 78 valence electrons. The molecule has 1 aromatic carbocycles. The number of fused-ring (bicyclic) bond motifs is 1. The summed E-state index contributed by atoms with van der Waals surface area (Å²) in [7, 11) is 0. The lowest BCUT2D eigenvalue weighted by molar-refractivity contribution is -0.116. The van der Waals surface area contributed by atoms with Crippen LogP contribution in [0.4, 0.5) is 4.39 Å². The van der Waals surface area contributed by atoms with Crippen molar-refractivity contribution in [1.82, 2.24) is 0 Å². The second-order valence-corrected chi connectivity index (χ2v) is 3.72. The highest BCUT2D eigenvalue weighted by atomic mass is 19.1. The third-order valence-electron chi connectivity index (χ3n) is 2.22. The summed E-state index contributed by atoms with van der Waals surface area (Å²) in [5, 5.41) is 0.712. The van der Waals surface area contributed by atoms with Crippen molar-refractivity contribution < 1.29 is 13.6 Å². The van der Waals surface area contributed by atoms with Crippen molar-refractivity contribution in [3.05, 3.63) is 35.3 Å². The number of furan rings is 1. The van der Waals surface area contributed by atoms with Gasteiger partial charge in [0.05, 0.1) is 0 Å². The number of Topliss-reactive ketones (excluding diaryl/α,β-unsaturated/α-hetero) is 1. The van der Waals surface area contributed by atoms with Gasteiger partial charge < -0.3 is 4.42 Å². The van der Waals surface area contributed by atoms with Gasteiger partial charge in [0.15, 0.2) is 0 Å². The lowest BCUT2D eigenvalue weighted by Crippen LogP contribution is -1.97. The fourth-order valence-corrected chi connectivity index (χ4v) is 1.71. The number of carbonyl (C=O) groups is 1. The summed E-state index contributed by atoms with van der Waals surface area (Å²) in [4.78, 5) is 11.0. The molecule has 0 radical (unpaired) electrons. The number of aryl methyl sites for hydroxylation is 1. The molecule has 2 rings (SSSR count). The number of carbonyl (C=O) groups excluding carboxylic acids is 1. The largest absolute Gasteiger partial charge is 0.461 e. The van der Waals surface area contributed by atoms with Gasteiger partial charge in [0.25, 0.3) is 0 Å². The highest BCUT2D eigenvalue weighted by molar-refractivity contribution is 5.87. The van der Waals surface area contributed by atoms with Gasteiger partial charge in [-0.2, -0.15) is 0 Å². The predicted octanol–water partition coefficient (Wildman–Crippen LogP) is 3.01. The topological polar surface area (TPSA) is 30.2 Å². The SMILES string of the molecule is CC(=O)Cc1cc(F)cc2cc(C)oc12. The highest BCUT2D eigenvalue weighted by Gasteiger charge is 2.10. The smallest absolute Gasteiger partial charge is 0.138 e. The first-order valence-corrected chi connectivity index (χ1v) is 4.74. The molecule has 0 unspecified atom stereocenters. The van der Waals surface area contributed by atoms with Crippen LogP contribution in [0.25, 0.3) is 11.0 Å². The minimum Gasteiger partial charge on any atom is -0.461 e. The van der Waals surface area contributed by atoms with Crippen LogP contribution >= 0.6 is 0 Å². The first-order chi connectivity index (χ1) is 7.06. The molecule has 15 heavy (non-hydrogen) atoms. The molecular formula is C12H11FO2. The van der Waals surface area contributed by atoms with Gasteiger partial charge in [-0.3, -0.25) is 4.79 Å². The maximum Gasteiger partial charge on any atom is 0.138 e. The minimum absolute atomic E-state index is 0.00375.